The summed E-state index contributed by atoms with van der Waals surface area (Å²) in [6.45, 7) is 3.43. The summed E-state index contributed by atoms with van der Waals surface area (Å²) in [6, 6.07) is 6.61. The standard InChI is InChI=1S/C23H28N6O5/c1-23(2,32)13-33-16-9-10-18-19(27-28-29(18)12-16)21(31)26-14-5-7-15(8-6-14)34-22-17(20(24)30)4-3-11-25-22/h3-4,9-12,14-15,32H,5-8,13H2,1-2H3,(H2,24,30)(H,26,31)/t14-,15-. The SMILES string of the molecule is CC(C)(O)COc1ccc2c(C(=O)N[C@H]3CC[C@H](Oc4ncccc4C(N)=O)CC3)nnn2c1. The molecule has 3 aromatic heterocycles. The quantitative estimate of drug-likeness (QED) is 0.449. The second kappa shape index (κ2) is 9.64. The van der Waals surface area contributed by atoms with Crippen molar-refractivity contribution >= 4 is 17.3 Å². The largest absolute Gasteiger partial charge is 0.489 e. The van der Waals surface area contributed by atoms with Crippen LogP contribution >= 0.6 is 0 Å². The van der Waals surface area contributed by atoms with E-state index in [1.165, 1.54) is 4.52 Å². The van der Waals surface area contributed by atoms with Crippen LogP contribution in [-0.4, -0.2) is 61.1 Å². The van der Waals surface area contributed by atoms with Gasteiger partial charge in [-0.05, 0) is 63.8 Å². The van der Waals surface area contributed by atoms with E-state index in [9.17, 15) is 14.7 Å². The van der Waals surface area contributed by atoms with Crippen LogP contribution in [0, 0.1) is 0 Å². The van der Waals surface area contributed by atoms with Gasteiger partial charge in [-0.15, -0.1) is 5.10 Å². The number of nitrogens with two attached hydrogens (primary N) is 1. The summed E-state index contributed by atoms with van der Waals surface area (Å²) < 4.78 is 12.9. The van der Waals surface area contributed by atoms with Crippen molar-refractivity contribution in [2.24, 2.45) is 5.73 Å². The van der Waals surface area contributed by atoms with Crippen LogP contribution in [0.5, 0.6) is 11.6 Å². The van der Waals surface area contributed by atoms with Gasteiger partial charge in [0.2, 0.25) is 5.88 Å². The van der Waals surface area contributed by atoms with E-state index >= 15 is 0 Å². The molecular weight excluding hydrogens is 440 g/mol. The van der Waals surface area contributed by atoms with Crippen molar-refractivity contribution in [1.82, 2.24) is 25.1 Å². The molecule has 0 spiro atoms. The van der Waals surface area contributed by atoms with Crippen LogP contribution in [0.4, 0.5) is 0 Å². The van der Waals surface area contributed by atoms with E-state index in [1.807, 2.05) is 0 Å². The Morgan fingerprint density at radius 2 is 2.00 bits per heavy atom. The van der Waals surface area contributed by atoms with E-state index in [0.717, 1.165) is 0 Å². The Kier molecular flexibility index (Phi) is 6.64. The lowest BCUT2D eigenvalue weighted by atomic mass is 9.93. The summed E-state index contributed by atoms with van der Waals surface area (Å²) in [4.78, 5) is 28.5. The molecule has 3 heterocycles. The molecule has 1 saturated carbocycles. The molecule has 0 saturated heterocycles. The summed E-state index contributed by atoms with van der Waals surface area (Å²) >= 11 is 0. The van der Waals surface area contributed by atoms with E-state index in [-0.39, 0.29) is 41.8 Å². The molecule has 1 fully saturated rings. The Morgan fingerprint density at radius 1 is 1.24 bits per heavy atom. The lowest BCUT2D eigenvalue weighted by molar-refractivity contribution is 0.0283. The molecule has 1 aliphatic carbocycles. The molecule has 0 unspecified atom stereocenters. The molecule has 4 N–H and O–H groups in total. The minimum Gasteiger partial charge on any atom is -0.489 e. The molecule has 4 rings (SSSR count). The zero-order valence-corrected chi connectivity index (χ0v) is 19.1. The third-order valence-corrected chi connectivity index (χ3v) is 5.52. The first-order chi connectivity index (χ1) is 16.2. The fraction of sp³-hybridized carbons (Fsp3) is 0.435. The summed E-state index contributed by atoms with van der Waals surface area (Å²) in [5, 5.41) is 20.9. The maximum absolute atomic E-state index is 12.8. The average Bonchev–Trinajstić information content (AvgIpc) is 3.22. The molecule has 3 aromatic rings. The molecule has 11 nitrogen and oxygen atoms in total. The van der Waals surface area contributed by atoms with Crippen molar-refractivity contribution in [2.75, 3.05) is 6.61 Å². The molecule has 0 radical (unpaired) electrons. The topological polar surface area (TPSA) is 154 Å². The smallest absolute Gasteiger partial charge is 0.274 e. The van der Waals surface area contributed by atoms with Crippen LogP contribution in [0.3, 0.4) is 0 Å². The van der Waals surface area contributed by atoms with E-state index in [4.69, 9.17) is 15.2 Å². The van der Waals surface area contributed by atoms with Crippen molar-refractivity contribution in [2.45, 2.75) is 57.3 Å². The first-order valence-corrected chi connectivity index (χ1v) is 11.1. The predicted molar refractivity (Wildman–Crippen MR) is 122 cm³/mol. The average molecular weight is 469 g/mol. The second-order valence-corrected chi connectivity index (χ2v) is 9.02. The van der Waals surface area contributed by atoms with Crippen LogP contribution in [0.1, 0.15) is 60.4 Å². The number of nitrogens with one attached hydrogen (secondary N) is 1. The molecule has 0 aliphatic heterocycles. The molecule has 11 heteroatoms. The number of primary amides is 1. The molecule has 0 aromatic carbocycles. The van der Waals surface area contributed by atoms with Gasteiger partial charge in [0.15, 0.2) is 5.69 Å². The number of aliphatic hydroxyl groups is 1. The Hall–Kier alpha value is -3.73. The number of carbonyl (C=O) groups excluding carboxylic acids is 2. The van der Waals surface area contributed by atoms with Gasteiger partial charge >= 0.3 is 0 Å². The van der Waals surface area contributed by atoms with Crippen molar-refractivity contribution in [1.29, 1.82) is 0 Å². The van der Waals surface area contributed by atoms with Crippen LogP contribution in [0.15, 0.2) is 36.7 Å². The molecule has 1 aliphatic rings. The number of pyridine rings is 2. The minimum absolute atomic E-state index is 0.0298. The highest BCUT2D eigenvalue weighted by molar-refractivity contribution is 5.98. The van der Waals surface area contributed by atoms with Crippen molar-refractivity contribution in [3.8, 4) is 11.6 Å². The molecule has 0 atom stereocenters. The first kappa shape index (κ1) is 23.4. The number of fused-ring (bicyclic) bond motifs is 1. The highest BCUT2D eigenvalue weighted by atomic mass is 16.5. The molecular formula is C23H28N6O5. The number of nitrogens with zero attached hydrogens (tertiary/aromatic N) is 4. The highest BCUT2D eigenvalue weighted by Crippen LogP contribution is 2.25. The summed E-state index contributed by atoms with van der Waals surface area (Å²) in [7, 11) is 0. The molecule has 0 bridgehead atoms. The number of carbonyl (C=O) groups is 2. The summed E-state index contributed by atoms with van der Waals surface area (Å²) in [6.07, 6.45) is 5.88. The zero-order valence-electron chi connectivity index (χ0n) is 19.1. The number of aromatic nitrogens is 4. The number of rotatable bonds is 8. The minimum atomic E-state index is -0.964. The maximum atomic E-state index is 12.8. The van der Waals surface area contributed by atoms with Gasteiger partial charge in [-0.1, -0.05) is 5.21 Å². The Balaban J connectivity index is 1.33. The summed E-state index contributed by atoms with van der Waals surface area (Å²) in [5.74, 6) is -0.132. The molecule has 180 valence electrons. The van der Waals surface area contributed by atoms with Gasteiger partial charge in [0.1, 0.15) is 24.0 Å². The van der Waals surface area contributed by atoms with Crippen molar-refractivity contribution < 1.29 is 24.2 Å². The fourth-order valence-electron chi connectivity index (χ4n) is 3.79. The van der Waals surface area contributed by atoms with Crippen molar-refractivity contribution in [3.05, 3.63) is 47.9 Å². The van der Waals surface area contributed by atoms with Crippen LogP contribution in [-0.2, 0) is 0 Å². The maximum Gasteiger partial charge on any atom is 0.274 e. The Morgan fingerprint density at radius 3 is 2.71 bits per heavy atom. The van der Waals surface area contributed by atoms with Crippen LogP contribution in [0.2, 0.25) is 0 Å². The number of amides is 2. The van der Waals surface area contributed by atoms with E-state index < -0.39 is 11.5 Å². The predicted octanol–water partition coefficient (Wildman–Crippen LogP) is 1.49. The fourth-order valence-corrected chi connectivity index (χ4v) is 3.79. The van der Waals surface area contributed by atoms with Gasteiger partial charge < -0.3 is 25.6 Å². The third kappa shape index (κ3) is 5.60. The van der Waals surface area contributed by atoms with E-state index in [0.29, 0.717) is 36.9 Å². The number of ether oxygens (including phenoxy) is 2. The number of hydrogen-bond donors (Lipinski definition) is 3. The number of hydrogen-bond acceptors (Lipinski definition) is 8. The third-order valence-electron chi connectivity index (χ3n) is 5.52. The Labute approximate surface area is 196 Å². The zero-order chi connectivity index (χ0) is 24.3. The monoisotopic (exact) mass is 468 g/mol. The molecule has 34 heavy (non-hydrogen) atoms. The van der Waals surface area contributed by atoms with Gasteiger partial charge in [-0.25, -0.2) is 9.50 Å². The van der Waals surface area contributed by atoms with Crippen LogP contribution < -0.4 is 20.5 Å². The second-order valence-electron chi connectivity index (χ2n) is 9.02. The summed E-state index contributed by atoms with van der Waals surface area (Å²) in [5.41, 5.74) is 5.46. The van der Waals surface area contributed by atoms with Gasteiger partial charge in [0, 0.05) is 12.2 Å². The van der Waals surface area contributed by atoms with Gasteiger partial charge in [-0.3, -0.25) is 9.59 Å². The lowest BCUT2D eigenvalue weighted by Crippen LogP contribution is -2.40. The first-order valence-electron chi connectivity index (χ1n) is 11.1. The van der Waals surface area contributed by atoms with Gasteiger partial charge in [0.25, 0.3) is 11.8 Å². The Bertz CT molecular complexity index is 1180. The molecule has 2 amide bonds. The van der Waals surface area contributed by atoms with E-state index in [2.05, 4.69) is 20.6 Å². The van der Waals surface area contributed by atoms with Crippen LogP contribution in [0.25, 0.3) is 5.52 Å². The van der Waals surface area contributed by atoms with Gasteiger partial charge in [-0.2, -0.15) is 0 Å². The lowest BCUT2D eigenvalue weighted by Gasteiger charge is -2.29. The normalized spacial score (nSPS) is 18.4. The van der Waals surface area contributed by atoms with E-state index in [1.54, 1.807) is 50.5 Å². The highest BCUT2D eigenvalue weighted by Gasteiger charge is 2.27. The van der Waals surface area contributed by atoms with Crippen molar-refractivity contribution in [3.63, 3.8) is 0 Å². The van der Waals surface area contributed by atoms with Gasteiger partial charge in [0.05, 0.1) is 17.3 Å².